The van der Waals surface area contributed by atoms with Crippen molar-refractivity contribution in [1.82, 2.24) is 0 Å². The lowest BCUT2D eigenvalue weighted by Gasteiger charge is -2.20. The molecule has 0 bridgehead atoms. The van der Waals surface area contributed by atoms with E-state index in [1.54, 1.807) is 12.1 Å². The van der Waals surface area contributed by atoms with Gasteiger partial charge in [0.15, 0.2) is 0 Å². The van der Waals surface area contributed by atoms with E-state index in [1.165, 1.54) is 13.2 Å². The number of halogens is 1. The van der Waals surface area contributed by atoms with E-state index < -0.39 is 18.3 Å². The van der Waals surface area contributed by atoms with Crippen LogP contribution in [-0.4, -0.2) is 26.1 Å². The summed E-state index contributed by atoms with van der Waals surface area (Å²) < 4.78 is 28.9. The second-order valence-electron chi connectivity index (χ2n) is 3.99. The molecule has 2 N–H and O–H groups in total. The van der Waals surface area contributed by atoms with Crippen molar-refractivity contribution < 1.29 is 23.4 Å². The third-order valence-corrected chi connectivity index (χ3v) is 2.82. The molecule has 1 amide bonds. The van der Waals surface area contributed by atoms with Crippen LogP contribution in [0.15, 0.2) is 18.2 Å². The highest BCUT2D eigenvalue weighted by Crippen LogP contribution is 2.37. The number of ether oxygens (including phenoxy) is 3. The third kappa shape index (κ3) is 2.44. The molecule has 5 nitrogen and oxygen atoms in total. The van der Waals surface area contributed by atoms with Gasteiger partial charge in [0.25, 0.3) is 0 Å². The van der Waals surface area contributed by atoms with Crippen LogP contribution in [0.1, 0.15) is 17.2 Å². The number of primary amides is 1. The van der Waals surface area contributed by atoms with E-state index in [4.69, 9.17) is 19.9 Å². The molecule has 0 radical (unpaired) electrons. The summed E-state index contributed by atoms with van der Waals surface area (Å²) >= 11 is 0. The van der Waals surface area contributed by atoms with E-state index in [9.17, 15) is 9.18 Å². The summed E-state index contributed by atoms with van der Waals surface area (Å²) in [6.45, 7) is -0.0168. The van der Waals surface area contributed by atoms with Crippen molar-refractivity contribution >= 4 is 6.09 Å². The average molecular weight is 255 g/mol. The third-order valence-electron chi connectivity index (χ3n) is 2.82. The average Bonchev–Trinajstić information content (AvgIpc) is 2.64. The van der Waals surface area contributed by atoms with Crippen molar-refractivity contribution in [3.63, 3.8) is 0 Å². The highest BCUT2D eigenvalue weighted by Gasteiger charge is 2.38. The van der Waals surface area contributed by atoms with Crippen LogP contribution in [0.25, 0.3) is 0 Å². The predicted octanol–water partition coefficient (Wildman–Crippen LogP) is 1.51. The van der Waals surface area contributed by atoms with Gasteiger partial charge in [-0.25, -0.2) is 9.18 Å². The topological polar surface area (TPSA) is 70.8 Å². The number of methoxy groups -OCH3 is 1. The van der Waals surface area contributed by atoms with Crippen LogP contribution >= 0.6 is 0 Å². The summed E-state index contributed by atoms with van der Waals surface area (Å²) in [4.78, 5) is 10.8. The van der Waals surface area contributed by atoms with E-state index in [0.29, 0.717) is 12.0 Å². The normalized spacial score (nSPS) is 21.7. The molecule has 18 heavy (non-hydrogen) atoms. The molecule has 6 heteroatoms. The van der Waals surface area contributed by atoms with Gasteiger partial charge >= 0.3 is 6.09 Å². The zero-order valence-corrected chi connectivity index (χ0v) is 9.89. The molecule has 1 aromatic carbocycles. The van der Waals surface area contributed by atoms with E-state index in [-0.39, 0.29) is 12.6 Å². The van der Waals surface area contributed by atoms with Gasteiger partial charge in [-0.1, -0.05) is 12.1 Å². The molecule has 1 aromatic rings. The maximum absolute atomic E-state index is 13.8. The van der Waals surface area contributed by atoms with Crippen molar-refractivity contribution in [1.29, 1.82) is 0 Å². The molecule has 0 spiro atoms. The lowest BCUT2D eigenvalue weighted by atomic mass is 10.1. The van der Waals surface area contributed by atoms with Crippen molar-refractivity contribution in [2.24, 2.45) is 5.73 Å². The number of carbonyl (C=O) groups excluding carboxylic acids is 1. The predicted molar refractivity (Wildman–Crippen MR) is 60.3 cm³/mol. The Balaban J connectivity index is 2.26. The summed E-state index contributed by atoms with van der Waals surface area (Å²) in [5.41, 5.74) is 6.15. The van der Waals surface area contributed by atoms with Gasteiger partial charge in [-0.15, -0.1) is 0 Å². The molecule has 2 atom stereocenters. The van der Waals surface area contributed by atoms with E-state index in [1.807, 2.05) is 0 Å². The molecular formula is C12H14FNO4. The lowest BCUT2D eigenvalue weighted by Crippen LogP contribution is -2.28. The Morgan fingerprint density at radius 3 is 3.00 bits per heavy atom. The minimum Gasteiger partial charge on any atom is -0.443 e. The number of nitrogens with two attached hydrogens (primary N) is 1. The Labute approximate surface area is 104 Å². The van der Waals surface area contributed by atoms with Crippen LogP contribution in [0, 0.1) is 5.82 Å². The van der Waals surface area contributed by atoms with Crippen molar-refractivity contribution in [3.05, 3.63) is 35.1 Å². The molecule has 0 aromatic heterocycles. The number of rotatable bonds is 4. The largest absolute Gasteiger partial charge is 0.443 e. The maximum Gasteiger partial charge on any atom is 0.404 e. The number of hydrogen-bond donors (Lipinski definition) is 1. The molecule has 98 valence electrons. The van der Waals surface area contributed by atoms with E-state index in [2.05, 4.69) is 0 Å². The number of amides is 1. The minimum atomic E-state index is -0.903. The summed E-state index contributed by atoms with van der Waals surface area (Å²) in [6, 6.07) is 4.72. The highest BCUT2D eigenvalue weighted by atomic mass is 19.1. The van der Waals surface area contributed by atoms with Crippen LogP contribution < -0.4 is 5.73 Å². The summed E-state index contributed by atoms with van der Waals surface area (Å²) in [5, 5.41) is 0. The zero-order valence-electron chi connectivity index (χ0n) is 9.89. The molecule has 0 aliphatic heterocycles. The Hall–Kier alpha value is -1.66. The van der Waals surface area contributed by atoms with E-state index in [0.717, 1.165) is 5.56 Å². The minimum absolute atomic E-state index is 0.0168. The second-order valence-corrected chi connectivity index (χ2v) is 3.99. The Bertz CT molecular complexity index is 452. The first-order chi connectivity index (χ1) is 8.63. The standard InChI is InChI=1S/C12H14FNO4/c1-16-6-17-11-9(18-12(14)15)5-7-3-2-4-8(13)10(7)11/h2-4,9,11H,5-6H2,1H3,(H2,14,15)/t9-,11-/m1/s1. The van der Waals surface area contributed by atoms with Gasteiger partial charge < -0.3 is 19.9 Å². The molecule has 1 aliphatic carbocycles. The van der Waals surface area contributed by atoms with Gasteiger partial charge in [0, 0.05) is 19.1 Å². The molecular weight excluding hydrogens is 241 g/mol. The molecule has 0 unspecified atom stereocenters. The fourth-order valence-corrected chi connectivity index (χ4v) is 2.17. The maximum atomic E-state index is 13.8. The SMILES string of the molecule is COCO[C@H]1c2c(F)cccc2C[C@H]1OC(N)=O. The molecule has 0 saturated carbocycles. The Morgan fingerprint density at radius 2 is 2.33 bits per heavy atom. The van der Waals surface area contributed by atoms with Gasteiger partial charge in [-0.2, -0.15) is 0 Å². The van der Waals surface area contributed by atoms with Gasteiger partial charge in [-0.3, -0.25) is 0 Å². The smallest absolute Gasteiger partial charge is 0.404 e. The highest BCUT2D eigenvalue weighted by molar-refractivity contribution is 5.65. The molecule has 1 aliphatic rings. The number of benzene rings is 1. The summed E-state index contributed by atoms with van der Waals surface area (Å²) in [6.07, 6.45) is -1.83. The van der Waals surface area contributed by atoms with Crippen LogP contribution in [0.3, 0.4) is 0 Å². The lowest BCUT2D eigenvalue weighted by molar-refractivity contribution is -0.110. The van der Waals surface area contributed by atoms with Crippen LogP contribution in [0.4, 0.5) is 9.18 Å². The Kier molecular flexibility index (Phi) is 3.78. The fourth-order valence-electron chi connectivity index (χ4n) is 2.17. The van der Waals surface area contributed by atoms with Gasteiger partial charge in [0.05, 0.1) is 0 Å². The van der Waals surface area contributed by atoms with Gasteiger partial charge in [0.2, 0.25) is 0 Å². The van der Waals surface area contributed by atoms with Crippen molar-refractivity contribution in [2.75, 3.05) is 13.9 Å². The second kappa shape index (κ2) is 5.32. The number of fused-ring (bicyclic) bond motifs is 1. The van der Waals surface area contributed by atoms with Gasteiger partial charge in [0.1, 0.15) is 24.8 Å². The number of hydrogen-bond acceptors (Lipinski definition) is 4. The fraction of sp³-hybridized carbons (Fsp3) is 0.417. The zero-order chi connectivity index (χ0) is 13.1. The molecule has 0 heterocycles. The van der Waals surface area contributed by atoms with Crippen LogP contribution in [0.2, 0.25) is 0 Å². The Morgan fingerprint density at radius 1 is 1.56 bits per heavy atom. The first-order valence-corrected chi connectivity index (χ1v) is 5.47. The van der Waals surface area contributed by atoms with Crippen molar-refractivity contribution in [3.8, 4) is 0 Å². The monoisotopic (exact) mass is 255 g/mol. The molecule has 0 fully saturated rings. The quantitative estimate of drug-likeness (QED) is 0.828. The molecule has 0 saturated heterocycles. The first-order valence-electron chi connectivity index (χ1n) is 5.47. The summed E-state index contributed by atoms with van der Waals surface area (Å²) in [5.74, 6) is -0.385. The van der Waals surface area contributed by atoms with Gasteiger partial charge in [-0.05, 0) is 11.6 Å². The van der Waals surface area contributed by atoms with Crippen molar-refractivity contribution in [2.45, 2.75) is 18.6 Å². The summed E-state index contributed by atoms with van der Waals surface area (Å²) in [7, 11) is 1.46. The number of carbonyl (C=O) groups is 1. The van der Waals surface area contributed by atoms with Crippen LogP contribution in [-0.2, 0) is 20.6 Å². The first kappa shape index (κ1) is 12.8. The van der Waals surface area contributed by atoms with Crippen LogP contribution in [0.5, 0.6) is 0 Å². The van der Waals surface area contributed by atoms with E-state index >= 15 is 0 Å². The molecule has 2 rings (SSSR count).